The van der Waals surface area contributed by atoms with Crippen LogP contribution < -0.4 is 15.8 Å². The van der Waals surface area contributed by atoms with Gasteiger partial charge >= 0.3 is 0 Å². The van der Waals surface area contributed by atoms with E-state index in [4.69, 9.17) is 10.5 Å². The van der Waals surface area contributed by atoms with Crippen molar-refractivity contribution in [3.8, 4) is 17.0 Å². The summed E-state index contributed by atoms with van der Waals surface area (Å²) in [6.45, 7) is 0.342. The minimum atomic E-state index is -0.232. The number of rotatable bonds is 7. The van der Waals surface area contributed by atoms with Crippen molar-refractivity contribution in [3.05, 3.63) is 66.5 Å². The molecule has 0 spiro atoms. The molecule has 0 aliphatic heterocycles. The van der Waals surface area contributed by atoms with E-state index in [1.165, 1.54) is 0 Å². The van der Waals surface area contributed by atoms with Gasteiger partial charge in [0.25, 0.3) is 0 Å². The Morgan fingerprint density at radius 3 is 2.84 bits per heavy atom. The first-order valence-electron chi connectivity index (χ1n) is 10.3. The van der Waals surface area contributed by atoms with Gasteiger partial charge in [0.05, 0.1) is 17.8 Å². The Morgan fingerprint density at radius 2 is 2.06 bits per heavy atom. The highest BCUT2D eigenvalue weighted by Gasteiger charge is 2.30. The van der Waals surface area contributed by atoms with E-state index in [0.29, 0.717) is 18.2 Å². The molecule has 0 saturated heterocycles. The number of aromatic nitrogens is 4. The van der Waals surface area contributed by atoms with Crippen LogP contribution in [0.15, 0.2) is 60.9 Å². The first-order chi connectivity index (χ1) is 15.1. The topological polar surface area (TPSA) is 99.5 Å². The van der Waals surface area contributed by atoms with Crippen LogP contribution in [0, 0.1) is 5.92 Å². The van der Waals surface area contributed by atoms with Crippen molar-refractivity contribution >= 4 is 17.2 Å². The van der Waals surface area contributed by atoms with Gasteiger partial charge in [-0.25, -0.2) is 4.52 Å². The molecule has 1 saturated carbocycles. The van der Waals surface area contributed by atoms with Gasteiger partial charge in [0, 0.05) is 30.8 Å². The zero-order valence-electron chi connectivity index (χ0n) is 17.2. The molecule has 1 aliphatic rings. The van der Waals surface area contributed by atoms with Gasteiger partial charge in [-0.1, -0.05) is 30.3 Å². The fourth-order valence-electron chi connectivity index (χ4n) is 3.60. The number of carbonyl (C=O) groups excluding carboxylic acids is 1. The van der Waals surface area contributed by atoms with Gasteiger partial charge in [-0.15, -0.1) is 0 Å². The number of benzene rings is 1. The van der Waals surface area contributed by atoms with E-state index in [0.717, 1.165) is 35.2 Å². The molecule has 3 aromatic heterocycles. The highest BCUT2D eigenvalue weighted by Crippen LogP contribution is 2.32. The molecule has 8 heteroatoms. The number of hydrogen-bond donors (Lipinski definition) is 2. The lowest BCUT2D eigenvalue weighted by Crippen LogP contribution is -2.19. The lowest BCUT2D eigenvalue weighted by atomic mass is 10.1. The average Bonchev–Trinajstić information content (AvgIpc) is 3.47. The van der Waals surface area contributed by atoms with E-state index in [1.807, 2.05) is 61.8 Å². The molecule has 158 valence electrons. The van der Waals surface area contributed by atoms with E-state index >= 15 is 0 Å². The van der Waals surface area contributed by atoms with Crippen LogP contribution in [0.4, 0.5) is 5.82 Å². The summed E-state index contributed by atoms with van der Waals surface area (Å²) < 4.78 is 9.57. The number of ether oxygens (including phenoxy) is 1. The number of fused-ring (bicyclic) bond motifs is 1. The Hall–Kier alpha value is -3.65. The van der Waals surface area contributed by atoms with Gasteiger partial charge in [0.1, 0.15) is 12.3 Å². The number of nitrogens with zero attached hydrogens (tertiary/aromatic N) is 4. The molecule has 5 rings (SSSR count). The quantitative estimate of drug-likeness (QED) is 0.482. The lowest BCUT2D eigenvalue weighted by molar-refractivity contribution is -0.117. The molecule has 3 N–H and O–H groups in total. The predicted molar refractivity (Wildman–Crippen MR) is 118 cm³/mol. The third-order valence-electron chi connectivity index (χ3n) is 5.49. The van der Waals surface area contributed by atoms with Crippen LogP contribution in [-0.2, 0) is 11.8 Å². The molecule has 1 aromatic carbocycles. The minimum Gasteiger partial charge on any atom is -0.488 e. The summed E-state index contributed by atoms with van der Waals surface area (Å²) in [6.07, 6.45) is 5.49. The Morgan fingerprint density at radius 1 is 1.26 bits per heavy atom. The normalized spacial score (nSPS) is 14.5. The maximum Gasteiger partial charge on any atom is 0.228 e. The molecule has 0 radical (unpaired) electrons. The summed E-state index contributed by atoms with van der Waals surface area (Å²) in [5.74, 6) is 1.40. The molecule has 1 atom stereocenters. The fraction of sp³-hybridized carbons (Fsp3) is 0.261. The van der Waals surface area contributed by atoms with Crippen LogP contribution in [0.5, 0.6) is 5.75 Å². The van der Waals surface area contributed by atoms with Crippen LogP contribution in [0.1, 0.15) is 24.4 Å². The van der Waals surface area contributed by atoms with E-state index in [9.17, 15) is 4.79 Å². The molecule has 4 aromatic rings. The second-order valence-electron chi connectivity index (χ2n) is 7.89. The van der Waals surface area contributed by atoms with Crippen molar-refractivity contribution in [1.29, 1.82) is 0 Å². The average molecular weight is 416 g/mol. The van der Waals surface area contributed by atoms with Crippen LogP contribution in [-0.4, -0.2) is 31.9 Å². The molecular formula is C23H24N6O2. The lowest BCUT2D eigenvalue weighted by Gasteiger charge is -2.14. The van der Waals surface area contributed by atoms with Gasteiger partial charge in [-0.2, -0.15) is 10.2 Å². The Labute approximate surface area is 179 Å². The number of pyridine rings is 1. The second kappa shape index (κ2) is 7.88. The van der Waals surface area contributed by atoms with E-state index < -0.39 is 0 Å². The molecule has 1 aliphatic carbocycles. The van der Waals surface area contributed by atoms with Gasteiger partial charge in [0.15, 0.2) is 11.6 Å². The number of nitrogens with two attached hydrogens (primary N) is 1. The van der Waals surface area contributed by atoms with Crippen molar-refractivity contribution in [2.45, 2.75) is 18.9 Å². The number of carbonyl (C=O) groups is 1. The van der Waals surface area contributed by atoms with Crippen LogP contribution in [0.3, 0.4) is 0 Å². The molecule has 0 bridgehead atoms. The summed E-state index contributed by atoms with van der Waals surface area (Å²) in [5.41, 5.74) is 9.97. The van der Waals surface area contributed by atoms with Gasteiger partial charge in [0.2, 0.25) is 5.91 Å². The molecule has 1 amide bonds. The number of anilines is 1. The zero-order valence-corrected chi connectivity index (χ0v) is 17.2. The number of aryl methyl sites for hydroxylation is 1. The van der Waals surface area contributed by atoms with E-state index in [2.05, 4.69) is 15.5 Å². The van der Waals surface area contributed by atoms with Crippen molar-refractivity contribution in [2.24, 2.45) is 18.7 Å². The third-order valence-corrected chi connectivity index (χ3v) is 5.49. The van der Waals surface area contributed by atoms with Gasteiger partial charge in [-0.3, -0.25) is 9.48 Å². The van der Waals surface area contributed by atoms with Crippen LogP contribution >= 0.6 is 0 Å². The highest BCUT2D eigenvalue weighted by atomic mass is 16.5. The van der Waals surface area contributed by atoms with Crippen molar-refractivity contribution in [3.63, 3.8) is 0 Å². The predicted octanol–water partition coefficient (Wildman–Crippen LogP) is 3.16. The van der Waals surface area contributed by atoms with Crippen LogP contribution in [0.25, 0.3) is 16.8 Å². The number of amides is 1. The maximum absolute atomic E-state index is 12.0. The van der Waals surface area contributed by atoms with Gasteiger partial charge < -0.3 is 15.8 Å². The largest absolute Gasteiger partial charge is 0.488 e. The molecule has 8 nitrogen and oxygen atoms in total. The first kappa shape index (κ1) is 19.3. The summed E-state index contributed by atoms with van der Waals surface area (Å²) in [6, 6.07) is 15.5. The third kappa shape index (κ3) is 4.02. The SMILES string of the molecule is Cn1ncc(OC[C@@H](N)c2ccccc2)c1-c1ccn2nc(NC(=O)C3CC3)cc2c1. The van der Waals surface area contributed by atoms with Crippen LogP contribution in [0.2, 0.25) is 0 Å². The Balaban J connectivity index is 1.37. The highest BCUT2D eigenvalue weighted by molar-refractivity contribution is 5.93. The smallest absolute Gasteiger partial charge is 0.228 e. The molecule has 31 heavy (non-hydrogen) atoms. The summed E-state index contributed by atoms with van der Waals surface area (Å²) in [7, 11) is 1.88. The standard InChI is InChI=1S/C23H24N6O2/c1-28-22(20(13-25-28)31-14-19(24)15-5-3-2-4-6-15)17-9-10-29-18(11-17)12-21(27-29)26-23(30)16-7-8-16/h2-6,9-13,16,19H,7-8,14,24H2,1H3,(H,26,27,30)/t19-/m1/s1. The Kier molecular flexibility index (Phi) is 4.91. The Bertz CT molecular complexity index is 1230. The minimum absolute atomic E-state index is 0.0423. The van der Waals surface area contributed by atoms with Gasteiger partial charge in [-0.05, 0) is 30.5 Å². The van der Waals surface area contributed by atoms with Crippen molar-refractivity contribution in [2.75, 3.05) is 11.9 Å². The summed E-state index contributed by atoms with van der Waals surface area (Å²) >= 11 is 0. The van der Waals surface area contributed by atoms with Crippen molar-refractivity contribution < 1.29 is 9.53 Å². The maximum atomic E-state index is 12.0. The summed E-state index contributed by atoms with van der Waals surface area (Å²) in [5, 5.41) is 11.7. The molecule has 3 heterocycles. The number of hydrogen-bond acceptors (Lipinski definition) is 5. The fourth-order valence-corrected chi connectivity index (χ4v) is 3.60. The van der Waals surface area contributed by atoms with E-state index in [1.54, 1.807) is 15.4 Å². The van der Waals surface area contributed by atoms with E-state index in [-0.39, 0.29) is 17.9 Å². The second-order valence-corrected chi connectivity index (χ2v) is 7.89. The summed E-state index contributed by atoms with van der Waals surface area (Å²) in [4.78, 5) is 12.0. The monoisotopic (exact) mass is 416 g/mol. The first-order valence-corrected chi connectivity index (χ1v) is 10.3. The number of nitrogens with one attached hydrogen (secondary N) is 1. The zero-order chi connectivity index (χ0) is 21.4. The molecule has 0 unspecified atom stereocenters. The van der Waals surface area contributed by atoms with Crippen molar-refractivity contribution in [1.82, 2.24) is 19.4 Å². The molecular weight excluding hydrogens is 392 g/mol. The molecule has 1 fully saturated rings.